The fourth-order valence-corrected chi connectivity index (χ4v) is 2.65. The molecule has 1 N–H and O–H groups in total. The second-order valence-corrected chi connectivity index (χ2v) is 5.33. The minimum atomic E-state index is -0.171. The van der Waals surface area contributed by atoms with Crippen LogP contribution in [0.2, 0.25) is 0 Å². The Kier molecular flexibility index (Phi) is 5.93. The molecule has 1 unspecified atom stereocenters. The summed E-state index contributed by atoms with van der Waals surface area (Å²) < 4.78 is 15.5. The molecule has 0 saturated carbocycles. The van der Waals surface area contributed by atoms with Crippen LogP contribution < -0.4 is 5.32 Å². The highest BCUT2D eigenvalue weighted by Crippen LogP contribution is 2.10. The van der Waals surface area contributed by atoms with E-state index in [1.54, 1.807) is 12.1 Å². The van der Waals surface area contributed by atoms with E-state index in [4.69, 9.17) is 0 Å². The molecule has 0 amide bonds. The van der Waals surface area contributed by atoms with E-state index in [9.17, 15) is 4.39 Å². The largest absolute Gasteiger partial charge is 0.335 e. The van der Waals surface area contributed by atoms with Crippen LogP contribution in [-0.4, -0.2) is 22.1 Å². The van der Waals surface area contributed by atoms with E-state index in [1.165, 1.54) is 6.07 Å². The van der Waals surface area contributed by atoms with Gasteiger partial charge in [-0.05, 0) is 37.1 Å². The smallest absolute Gasteiger partial charge is 0.123 e. The zero-order valence-electron chi connectivity index (χ0n) is 12.8. The fraction of sp³-hybridized carbons (Fsp3) is 0.471. The van der Waals surface area contributed by atoms with Crippen LogP contribution in [0.15, 0.2) is 36.7 Å². The molecule has 0 radical (unpaired) electrons. The number of aromatic nitrogens is 2. The lowest BCUT2D eigenvalue weighted by Gasteiger charge is -2.18. The molecule has 1 atom stereocenters. The number of nitrogens with one attached hydrogen (secondary N) is 1. The molecule has 0 saturated heterocycles. The first-order valence-electron chi connectivity index (χ1n) is 7.70. The van der Waals surface area contributed by atoms with Crippen LogP contribution in [0.25, 0.3) is 0 Å². The SMILES string of the molecule is CCCn1ccnc1CC(Cc1cccc(F)c1)NCC. The van der Waals surface area contributed by atoms with Gasteiger partial charge in [-0.15, -0.1) is 0 Å². The number of likely N-dealkylation sites (N-methyl/N-ethyl adjacent to an activating group) is 1. The molecule has 1 aromatic carbocycles. The van der Waals surface area contributed by atoms with Crippen molar-refractivity contribution in [3.63, 3.8) is 0 Å². The van der Waals surface area contributed by atoms with Crippen molar-refractivity contribution in [3.8, 4) is 0 Å². The van der Waals surface area contributed by atoms with Crippen LogP contribution in [-0.2, 0) is 19.4 Å². The van der Waals surface area contributed by atoms with Crippen LogP contribution in [0.4, 0.5) is 4.39 Å². The lowest BCUT2D eigenvalue weighted by atomic mass is 10.0. The van der Waals surface area contributed by atoms with Gasteiger partial charge in [0, 0.05) is 31.4 Å². The van der Waals surface area contributed by atoms with E-state index in [0.29, 0.717) is 0 Å². The highest BCUT2D eigenvalue weighted by atomic mass is 19.1. The molecule has 2 rings (SSSR count). The Morgan fingerprint density at radius 2 is 2.14 bits per heavy atom. The molecule has 4 heteroatoms. The number of rotatable bonds is 8. The zero-order chi connectivity index (χ0) is 15.1. The van der Waals surface area contributed by atoms with Crippen molar-refractivity contribution < 1.29 is 4.39 Å². The Balaban J connectivity index is 2.06. The summed E-state index contributed by atoms with van der Waals surface area (Å²) in [7, 11) is 0. The van der Waals surface area contributed by atoms with Crippen molar-refractivity contribution in [2.24, 2.45) is 0 Å². The third-order valence-corrected chi connectivity index (χ3v) is 3.56. The average Bonchev–Trinajstić information content (AvgIpc) is 2.87. The summed E-state index contributed by atoms with van der Waals surface area (Å²) >= 11 is 0. The fourth-order valence-electron chi connectivity index (χ4n) is 2.65. The number of aryl methyl sites for hydroxylation is 1. The molecule has 0 fully saturated rings. The summed E-state index contributed by atoms with van der Waals surface area (Å²) in [5.41, 5.74) is 1.02. The monoisotopic (exact) mass is 289 g/mol. The lowest BCUT2D eigenvalue weighted by Crippen LogP contribution is -2.34. The Morgan fingerprint density at radius 1 is 1.29 bits per heavy atom. The Hall–Kier alpha value is -1.68. The molecule has 0 bridgehead atoms. The van der Waals surface area contributed by atoms with E-state index in [1.807, 2.05) is 18.5 Å². The van der Waals surface area contributed by atoms with Gasteiger partial charge in [-0.1, -0.05) is 26.0 Å². The molecule has 0 aliphatic rings. The predicted molar refractivity (Wildman–Crippen MR) is 83.8 cm³/mol. The highest BCUT2D eigenvalue weighted by molar-refractivity contribution is 5.18. The topological polar surface area (TPSA) is 29.9 Å². The Morgan fingerprint density at radius 3 is 2.86 bits per heavy atom. The van der Waals surface area contributed by atoms with Crippen molar-refractivity contribution in [2.45, 2.75) is 45.7 Å². The van der Waals surface area contributed by atoms with Gasteiger partial charge in [-0.2, -0.15) is 0 Å². The van der Waals surface area contributed by atoms with E-state index in [2.05, 4.69) is 28.7 Å². The first-order chi connectivity index (χ1) is 10.2. The van der Waals surface area contributed by atoms with E-state index in [0.717, 1.165) is 43.7 Å². The van der Waals surface area contributed by atoms with Gasteiger partial charge < -0.3 is 9.88 Å². The lowest BCUT2D eigenvalue weighted by molar-refractivity contribution is 0.493. The number of hydrogen-bond donors (Lipinski definition) is 1. The quantitative estimate of drug-likeness (QED) is 0.809. The molecular formula is C17H24FN3. The summed E-state index contributed by atoms with van der Waals surface area (Å²) in [6, 6.07) is 7.12. The third-order valence-electron chi connectivity index (χ3n) is 3.56. The first kappa shape index (κ1) is 15.7. The summed E-state index contributed by atoms with van der Waals surface area (Å²) in [6.45, 7) is 6.15. The predicted octanol–water partition coefficient (Wildman–Crippen LogP) is 3.20. The maximum Gasteiger partial charge on any atom is 0.123 e. The molecule has 1 heterocycles. The minimum absolute atomic E-state index is 0.171. The molecule has 114 valence electrons. The molecule has 1 aromatic heterocycles. The molecule has 0 spiro atoms. The molecule has 21 heavy (non-hydrogen) atoms. The summed E-state index contributed by atoms with van der Waals surface area (Å²) in [6.07, 6.45) is 6.65. The maximum absolute atomic E-state index is 13.3. The van der Waals surface area contributed by atoms with Gasteiger partial charge >= 0.3 is 0 Å². The van der Waals surface area contributed by atoms with Crippen molar-refractivity contribution in [1.82, 2.24) is 14.9 Å². The number of imidazole rings is 1. The van der Waals surface area contributed by atoms with Gasteiger partial charge in [0.05, 0.1) is 0 Å². The standard InChI is InChI=1S/C17H24FN3/c1-3-9-21-10-8-20-17(21)13-16(19-4-2)12-14-6-5-7-15(18)11-14/h5-8,10-11,16,19H,3-4,9,12-13H2,1-2H3. The van der Waals surface area contributed by atoms with E-state index >= 15 is 0 Å². The summed E-state index contributed by atoms with van der Waals surface area (Å²) in [5.74, 6) is 0.925. The van der Waals surface area contributed by atoms with Crippen LogP contribution in [0.3, 0.4) is 0 Å². The highest BCUT2D eigenvalue weighted by Gasteiger charge is 2.13. The number of nitrogens with zero attached hydrogens (tertiary/aromatic N) is 2. The molecule has 2 aromatic rings. The number of benzene rings is 1. The van der Waals surface area contributed by atoms with Gasteiger partial charge in [0.25, 0.3) is 0 Å². The third kappa shape index (κ3) is 4.67. The minimum Gasteiger partial charge on any atom is -0.335 e. The second kappa shape index (κ2) is 7.93. The summed E-state index contributed by atoms with van der Waals surface area (Å²) in [4.78, 5) is 4.46. The van der Waals surface area contributed by atoms with Crippen molar-refractivity contribution in [1.29, 1.82) is 0 Å². The van der Waals surface area contributed by atoms with Crippen molar-refractivity contribution in [3.05, 3.63) is 53.9 Å². The van der Waals surface area contributed by atoms with Gasteiger partial charge in [-0.25, -0.2) is 9.37 Å². The molecular weight excluding hydrogens is 265 g/mol. The van der Waals surface area contributed by atoms with Gasteiger partial charge in [0.2, 0.25) is 0 Å². The Bertz CT molecular complexity index is 550. The van der Waals surface area contributed by atoms with Crippen LogP contribution >= 0.6 is 0 Å². The van der Waals surface area contributed by atoms with E-state index < -0.39 is 0 Å². The Labute approximate surface area is 126 Å². The van der Waals surface area contributed by atoms with Crippen LogP contribution in [0.5, 0.6) is 0 Å². The van der Waals surface area contributed by atoms with Gasteiger partial charge in [-0.3, -0.25) is 0 Å². The maximum atomic E-state index is 13.3. The number of hydrogen-bond acceptors (Lipinski definition) is 2. The van der Waals surface area contributed by atoms with Gasteiger partial charge in [0.1, 0.15) is 11.6 Å². The molecule has 3 nitrogen and oxygen atoms in total. The average molecular weight is 289 g/mol. The molecule has 0 aliphatic heterocycles. The second-order valence-electron chi connectivity index (χ2n) is 5.33. The van der Waals surface area contributed by atoms with E-state index in [-0.39, 0.29) is 11.9 Å². The number of halogens is 1. The van der Waals surface area contributed by atoms with Gasteiger partial charge in [0.15, 0.2) is 0 Å². The van der Waals surface area contributed by atoms with Crippen molar-refractivity contribution >= 4 is 0 Å². The molecule has 0 aliphatic carbocycles. The van der Waals surface area contributed by atoms with Crippen LogP contribution in [0, 0.1) is 5.82 Å². The summed E-state index contributed by atoms with van der Waals surface area (Å²) in [5, 5.41) is 3.48. The van der Waals surface area contributed by atoms with Crippen molar-refractivity contribution in [2.75, 3.05) is 6.54 Å². The zero-order valence-corrected chi connectivity index (χ0v) is 12.8. The first-order valence-corrected chi connectivity index (χ1v) is 7.70. The van der Waals surface area contributed by atoms with Crippen LogP contribution in [0.1, 0.15) is 31.7 Å². The normalized spacial score (nSPS) is 12.5.